The molecule has 2 aromatic carbocycles. The third kappa shape index (κ3) is 3.38. The standard InChI is InChI=1S/C19H17ClN2O5/c1-10(2)17(19(24)25)21-9-12-4-3-11(7-15(12)18(21)23)14-6-5-13(22(26)27)8-16(14)20/h3-8,10,17H,9H2,1-2H3,(H,24,25). The van der Waals surface area contributed by atoms with Crippen LogP contribution in [-0.4, -0.2) is 32.8 Å². The molecule has 8 heteroatoms. The van der Waals surface area contributed by atoms with Crippen molar-refractivity contribution in [3.8, 4) is 11.1 Å². The molecule has 1 aliphatic rings. The lowest BCUT2D eigenvalue weighted by Gasteiger charge is -2.27. The maximum atomic E-state index is 12.8. The van der Waals surface area contributed by atoms with E-state index in [4.69, 9.17) is 11.6 Å². The predicted molar refractivity (Wildman–Crippen MR) is 99.7 cm³/mol. The number of benzene rings is 2. The molecule has 0 bridgehead atoms. The highest BCUT2D eigenvalue weighted by Gasteiger charge is 2.38. The summed E-state index contributed by atoms with van der Waals surface area (Å²) in [7, 11) is 0. The first-order valence-electron chi connectivity index (χ1n) is 8.31. The molecular formula is C19H17ClN2O5. The lowest BCUT2D eigenvalue weighted by atomic mass is 10.00. The summed E-state index contributed by atoms with van der Waals surface area (Å²) in [6.07, 6.45) is 0. The van der Waals surface area contributed by atoms with Crippen LogP contribution in [0.15, 0.2) is 36.4 Å². The van der Waals surface area contributed by atoms with Crippen LogP contribution in [0, 0.1) is 16.0 Å². The summed E-state index contributed by atoms with van der Waals surface area (Å²) in [5, 5.41) is 20.5. The summed E-state index contributed by atoms with van der Waals surface area (Å²) >= 11 is 6.18. The number of carbonyl (C=O) groups excluding carboxylic acids is 1. The van der Waals surface area contributed by atoms with E-state index >= 15 is 0 Å². The predicted octanol–water partition coefficient (Wildman–Crippen LogP) is 3.98. The molecule has 7 nitrogen and oxygen atoms in total. The summed E-state index contributed by atoms with van der Waals surface area (Å²) < 4.78 is 0. The third-order valence-electron chi connectivity index (χ3n) is 4.64. The second-order valence-corrected chi connectivity index (χ2v) is 7.16. The minimum Gasteiger partial charge on any atom is -0.480 e. The normalized spacial score (nSPS) is 14.4. The van der Waals surface area contributed by atoms with Gasteiger partial charge in [0.05, 0.1) is 9.95 Å². The molecule has 3 rings (SSSR count). The third-order valence-corrected chi connectivity index (χ3v) is 4.95. The molecule has 0 radical (unpaired) electrons. The molecule has 2 aromatic rings. The van der Waals surface area contributed by atoms with Gasteiger partial charge < -0.3 is 10.0 Å². The van der Waals surface area contributed by atoms with Crippen molar-refractivity contribution in [3.05, 3.63) is 62.7 Å². The molecule has 1 heterocycles. The molecule has 1 amide bonds. The van der Waals surface area contributed by atoms with E-state index in [0.29, 0.717) is 16.7 Å². The van der Waals surface area contributed by atoms with Crippen LogP contribution in [-0.2, 0) is 11.3 Å². The first-order valence-corrected chi connectivity index (χ1v) is 8.69. The van der Waals surface area contributed by atoms with Crippen molar-refractivity contribution in [2.24, 2.45) is 5.92 Å². The second-order valence-electron chi connectivity index (χ2n) is 6.75. The lowest BCUT2D eigenvalue weighted by molar-refractivity contribution is -0.384. The number of carboxylic acids is 1. The van der Waals surface area contributed by atoms with E-state index in [1.54, 1.807) is 32.0 Å². The van der Waals surface area contributed by atoms with E-state index < -0.39 is 16.9 Å². The molecule has 0 saturated carbocycles. The summed E-state index contributed by atoms with van der Waals surface area (Å²) in [6.45, 7) is 3.76. The second kappa shape index (κ2) is 7.00. The largest absolute Gasteiger partial charge is 0.480 e. The smallest absolute Gasteiger partial charge is 0.326 e. The fraction of sp³-hybridized carbons (Fsp3) is 0.263. The van der Waals surface area contributed by atoms with Gasteiger partial charge in [0.1, 0.15) is 6.04 Å². The zero-order valence-electron chi connectivity index (χ0n) is 14.7. The van der Waals surface area contributed by atoms with Crippen LogP contribution in [0.2, 0.25) is 5.02 Å². The van der Waals surface area contributed by atoms with E-state index in [0.717, 1.165) is 5.56 Å². The highest BCUT2D eigenvalue weighted by Crippen LogP contribution is 2.35. The number of aliphatic carboxylic acids is 1. The SMILES string of the molecule is CC(C)C(C(=O)O)N1Cc2ccc(-c3ccc([N+](=O)[O-])cc3Cl)cc2C1=O. The van der Waals surface area contributed by atoms with Gasteiger partial charge in [0.2, 0.25) is 0 Å². The Bertz CT molecular complexity index is 957. The van der Waals surface area contributed by atoms with Crippen LogP contribution in [0.25, 0.3) is 11.1 Å². The topological polar surface area (TPSA) is 101 Å². The highest BCUT2D eigenvalue weighted by molar-refractivity contribution is 6.33. The minimum absolute atomic E-state index is 0.117. The van der Waals surface area contributed by atoms with Crippen LogP contribution in [0.3, 0.4) is 0 Å². The molecule has 140 valence electrons. The number of nitrogens with zero attached hydrogens (tertiary/aromatic N) is 2. The molecule has 0 aromatic heterocycles. The van der Waals surface area contributed by atoms with Crippen LogP contribution in [0.1, 0.15) is 29.8 Å². The van der Waals surface area contributed by atoms with Gasteiger partial charge in [-0.05, 0) is 29.2 Å². The van der Waals surface area contributed by atoms with Crippen molar-refractivity contribution < 1.29 is 19.6 Å². The van der Waals surface area contributed by atoms with E-state index in [9.17, 15) is 24.8 Å². The molecule has 0 fully saturated rings. The number of hydrogen-bond donors (Lipinski definition) is 1. The van der Waals surface area contributed by atoms with E-state index in [2.05, 4.69) is 0 Å². The van der Waals surface area contributed by atoms with Gasteiger partial charge in [-0.2, -0.15) is 0 Å². The van der Waals surface area contributed by atoms with E-state index in [1.165, 1.54) is 23.1 Å². The van der Waals surface area contributed by atoms with E-state index in [1.807, 2.05) is 0 Å². The van der Waals surface area contributed by atoms with Crippen molar-refractivity contribution in [1.82, 2.24) is 4.90 Å². The van der Waals surface area contributed by atoms with Gasteiger partial charge >= 0.3 is 5.97 Å². The number of fused-ring (bicyclic) bond motifs is 1. The van der Waals surface area contributed by atoms with Crippen molar-refractivity contribution in [3.63, 3.8) is 0 Å². The number of nitro groups is 1. The molecular weight excluding hydrogens is 372 g/mol. The van der Waals surface area contributed by atoms with Gasteiger partial charge in [-0.1, -0.05) is 37.6 Å². The quantitative estimate of drug-likeness (QED) is 0.616. The molecule has 0 saturated heterocycles. The number of non-ortho nitro benzene ring substituents is 1. The van der Waals surface area contributed by atoms with Gasteiger partial charge in [-0.15, -0.1) is 0 Å². The van der Waals surface area contributed by atoms with Crippen molar-refractivity contribution in [2.75, 3.05) is 0 Å². The van der Waals surface area contributed by atoms with Crippen LogP contribution >= 0.6 is 11.6 Å². The molecule has 1 N–H and O–H groups in total. The molecule has 1 aliphatic heterocycles. The van der Waals surface area contributed by atoms with Gasteiger partial charge in [0.25, 0.3) is 11.6 Å². The monoisotopic (exact) mass is 388 g/mol. The summed E-state index contributed by atoms with van der Waals surface area (Å²) in [5.41, 5.74) is 2.26. The number of rotatable bonds is 5. The van der Waals surface area contributed by atoms with Gasteiger partial charge in [0, 0.05) is 29.8 Å². The van der Waals surface area contributed by atoms with Crippen molar-refractivity contribution >= 4 is 29.2 Å². The van der Waals surface area contributed by atoms with Crippen LogP contribution in [0.5, 0.6) is 0 Å². The Hall–Kier alpha value is -2.93. The molecule has 1 unspecified atom stereocenters. The maximum Gasteiger partial charge on any atom is 0.326 e. The number of nitro benzene ring substituents is 1. The fourth-order valence-corrected chi connectivity index (χ4v) is 3.63. The first kappa shape index (κ1) is 18.8. The molecule has 0 spiro atoms. The van der Waals surface area contributed by atoms with Crippen molar-refractivity contribution in [2.45, 2.75) is 26.4 Å². The Morgan fingerprint density at radius 3 is 2.48 bits per heavy atom. The zero-order chi connectivity index (χ0) is 19.9. The lowest BCUT2D eigenvalue weighted by Crippen LogP contribution is -2.44. The number of hydrogen-bond acceptors (Lipinski definition) is 4. The maximum absolute atomic E-state index is 12.8. The Balaban J connectivity index is 1.98. The number of carbonyl (C=O) groups is 2. The Morgan fingerprint density at radius 1 is 1.22 bits per heavy atom. The number of amides is 1. The highest BCUT2D eigenvalue weighted by atomic mass is 35.5. The first-order chi connectivity index (χ1) is 12.7. The average molecular weight is 389 g/mol. The molecule has 1 atom stereocenters. The number of halogens is 1. The van der Waals surface area contributed by atoms with Gasteiger partial charge in [-0.25, -0.2) is 4.79 Å². The van der Waals surface area contributed by atoms with Crippen LogP contribution in [0.4, 0.5) is 5.69 Å². The fourth-order valence-electron chi connectivity index (χ4n) is 3.35. The minimum atomic E-state index is -1.04. The van der Waals surface area contributed by atoms with Gasteiger partial charge in [-0.3, -0.25) is 14.9 Å². The zero-order valence-corrected chi connectivity index (χ0v) is 15.4. The Kier molecular flexibility index (Phi) is 4.89. The summed E-state index contributed by atoms with van der Waals surface area (Å²) in [5.74, 6) is -1.61. The van der Waals surface area contributed by atoms with Crippen LogP contribution < -0.4 is 0 Å². The Morgan fingerprint density at radius 2 is 1.93 bits per heavy atom. The van der Waals surface area contributed by atoms with Crippen molar-refractivity contribution in [1.29, 1.82) is 0 Å². The Labute approximate surface area is 160 Å². The number of carboxylic acid groups (broad SMARTS) is 1. The summed E-state index contributed by atoms with van der Waals surface area (Å²) in [4.78, 5) is 36.1. The average Bonchev–Trinajstić information content (AvgIpc) is 2.90. The van der Waals surface area contributed by atoms with Gasteiger partial charge in [0.15, 0.2) is 0 Å². The molecule has 0 aliphatic carbocycles. The van der Waals surface area contributed by atoms with E-state index in [-0.39, 0.29) is 29.1 Å². The summed E-state index contributed by atoms with van der Waals surface area (Å²) in [6, 6.07) is 8.43. The molecule has 27 heavy (non-hydrogen) atoms.